The minimum Gasteiger partial charge on any atom is -0.289 e. The molecule has 0 atom stereocenters. The molecule has 1 N–H and O–H groups in total. The van der Waals surface area contributed by atoms with Crippen molar-refractivity contribution in [1.82, 2.24) is 20.2 Å². The molecule has 1 aromatic carbocycles. The van der Waals surface area contributed by atoms with Crippen LogP contribution in [0.4, 0.5) is 5.95 Å². The molecule has 0 bridgehead atoms. The standard InChI is InChI=1S/C11H13N5O/c1-7-4-5-9(6-8(7)2)10(17)12-11-13-14-15-16(11)3/h4-6H,1-3H3,(H,12,13,15,17). The summed E-state index contributed by atoms with van der Waals surface area (Å²) in [6.45, 7) is 3.97. The highest BCUT2D eigenvalue weighted by Gasteiger charge is 2.10. The lowest BCUT2D eigenvalue weighted by Gasteiger charge is -2.05. The zero-order chi connectivity index (χ0) is 12.4. The fourth-order valence-corrected chi connectivity index (χ4v) is 1.39. The van der Waals surface area contributed by atoms with E-state index in [0.717, 1.165) is 11.1 Å². The molecule has 1 amide bonds. The first kappa shape index (κ1) is 11.3. The topological polar surface area (TPSA) is 72.7 Å². The molecule has 2 aromatic rings. The Hall–Kier alpha value is -2.24. The van der Waals surface area contributed by atoms with Gasteiger partial charge in [-0.2, -0.15) is 0 Å². The summed E-state index contributed by atoms with van der Waals surface area (Å²) >= 11 is 0. The Morgan fingerprint density at radius 1 is 1.29 bits per heavy atom. The van der Waals surface area contributed by atoms with Crippen LogP contribution < -0.4 is 5.32 Å². The minimum atomic E-state index is -0.217. The van der Waals surface area contributed by atoms with Gasteiger partial charge in [0.15, 0.2) is 0 Å². The van der Waals surface area contributed by atoms with Crippen molar-refractivity contribution in [3.05, 3.63) is 34.9 Å². The van der Waals surface area contributed by atoms with Crippen LogP contribution in [0.2, 0.25) is 0 Å². The molecule has 88 valence electrons. The van der Waals surface area contributed by atoms with Crippen LogP contribution in [-0.2, 0) is 7.05 Å². The van der Waals surface area contributed by atoms with Crippen molar-refractivity contribution in [2.45, 2.75) is 13.8 Å². The maximum atomic E-state index is 11.9. The van der Waals surface area contributed by atoms with Crippen LogP contribution in [0.25, 0.3) is 0 Å². The zero-order valence-electron chi connectivity index (χ0n) is 9.93. The molecular weight excluding hydrogens is 218 g/mol. The van der Waals surface area contributed by atoms with Gasteiger partial charge in [-0.15, -0.1) is 0 Å². The molecule has 0 radical (unpaired) electrons. The Balaban J connectivity index is 2.20. The van der Waals surface area contributed by atoms with Gasteiger partial charge in [-0.1, -0.05) is 11.2 Å². The second-order valence-electron chi connectivity index (χ2n) is 3.88. The number of carbonyl (C=O) groups excluding carboxylic acids is 1. The Labute approximate surface area is 98.6 Å². The fraction of sp³-hybridized carbons (Fsp3) is 0.273. The lowest BCUT2D eigenvalue weighted by molar-refractivity contribution is 0.102. The van der Waals surface area contributed by atoms with E-state index in [2.05, 4.69) is 20.8 Å². The summed E-state index contributed by atoms with van der Waals surface area (Å²) in [4.78, 5) is 11.9. The molecule has 17 heavy (non-hydrogen) atoms. The number of anilines is 1. The minimum absolute atomic E-state index is 0.217. The quantitative estimate of drug-likeness (QED) is 0.839. The number of nitrogens with one attached hydrogen (secondary N) is 1. The number of nitrogens with zero attached hydrogens (tertiary/aromatic N) is 4. The molecule has 1 aromatic heterocycles. The summed E-state index contributed by atoms with van der Waals surface area (Å²) < 4.78 is 1.40. The van der Waals surface area contributed by atoms with Gasteiger partial charge in [0.25, 0.3) is 5.91 Å². The van der Waals surface area contributed by atoms with E-state index in [9.17, 15) is 4.79 Å². The predicted octanol–water partition coefficient (Wildman–Crippen LogP) is 1.08. The van der Waals surface area contributed by atoms with Crippen LogP contribution in [0.1, 0.15) is 21.5 Å². The Morgan fingerprint density at radius 3 is 2.65 bits per heavy atom. The van der Waals surface area contributed by atoms with Crippen molar-refractivity contribution in [2.24, 2.45) is 7.05 Å². The largest absolute Gasteiger partial charge is 0.289 e. The Morgan fingerprint density at radius 2 is 2.06 bits per heavy atom. The Bertz CT molecular complexity index is 561. The van der Waals surface area contributed by atoms with Crippen molar-refractivity contribution in [3.8, 4) is 0 Å². The van der Waals surface area contributed by atoms with Crippen molar-refractivity contribution >= 4 is 11.9 Å². The lowest BCUT2D eigenvalue weighted by atomic mass is 10.1. The number of benzene rings is 1. The zero-order valence-corrected chi connectivity index (χ0v) is 9.93. The second kappa shape index (κ2) is 4.32. The summed E-state index contributed by atoms with van der Waals surface area (Å²) in [6, 6.07) is 5.54. The van der Waals surface area contributed by atoms with Gasteiger partial charge >= 0.3 is 0 Å². The van der Waals surface area contributed by atoms with E-state index in [-0.39, 0.29) is 5.91 Å². The van der Waals surface area contributed by atoms with Gasteiger partial charge in [-0.25, -0.2) is 4.68 Å². The molecule has 0 spiro atoms. The van der Waals surface area contributed by atoms with Gasteiger partial charge in [0.05, 0.1) is 0 Å². The van der Waals surface area contributed by atoms with Crippen molar-refractivity contribution in [2.75, 3.05) is 5.32 Å². The van der Waals surface area contributed by atoms with Crippen molar-refractivity contribution in [1.29, 1.82) is 0 Å². The number of hydrogen-bond donors (Lipinski definition) is 1. The van der Waals surface area contributed by atoms with Crippen LogP contribution >= 0.6 is 0 Å². The first-order chi connectivity index (χ1) is 8.08. The summed E-state index contributed by atoms with van der Waals surface area (Å²) in [5, 5.41) is 13.4. The molecule has 0 saturated heterocycles. The maximum Gasteiger partial charge on any atom is 0.258 e. The predicted molar refractivity (Wildman–Crippen MR) is 62.7 cm³/mol. The average molecular weight is 231 g/mol. The van der Waals surface area contributed by atoms with Gasteiger partial charge in [0.2, 0.25) is 5.95 Å². The third kappa shape index (κ3) is 2.30. The van der Waals surface area contributed by atoms with Crippen LogP contribution in [-0.4, -0.2) is 26.1 Å². The first-order valence-electron chi connectivity index (χ1n) is 5.19. The molecule has 0 aliphatic heterocycles. The number of rotatable bonds is 2. The summed E-state index contributed by atoms with van der Waals surface area (Å²) in [6.07, 6.45) is 0. The van der Waals surface area contributed by atoms with E-state index >= 15 is 0 Å². The summed E-state index contributed by atoms with van der Waals surface area (Å²) in [5.74, 6) is 0.110. The van der Waals surface area contributed by atoms with Crippen LogP contribution in [0.3, 0.4) is 0 Å². The van der Waals surface area contributed by atoms with E-state index in [1.165, 1.54) is 4.68 Å². The molecule has 1 heterocycles. The third-order valence-corrected chi connectivity index (χ3v) is 2.61. The lowest BCUT2D eigenvalue weighted by Crippen LogP contribution is -2.15. The van der Waals surface area contributed by atoms with E-state index < -0.39 is 0 Å². The highest BCUT2D eigenvalue weighted by molar-refractivity contribution is 6.03. The monoisotopic (exact) mass is 231 g/mol. The van der Waals surface area contributed by atoms with Crippen LogP contribution in [0.15, 0.2) is 18.2 Å². The maximum absolute atomic E-state index is 11.9. The highest BCUT2D eigenvalue weighted by Crippen LogP contribution is 2.11. The third-order valence-electron chi connectivity index (χ3n) is 2.61. The first-order valence-corrected chi connectivity index (χ1v) is 5.19. The number of carbonyl (C=O) groups is 1. The number of amides is 1. The van der Waals surface area contributed by atoms with Gasteiger partial charge in [-0.3, -0.25) is 10.1 Å². The number of tetrazole rings is 1. The van der Waals surface area contributed by atoms with Crippen LogP contribution in [0.5, 0.6) is 0 Å². The van der Waals surface area contributed by atoms with Gasteiger partial charge in [0.1, 0.15) is 0 Å². The van der Waals surface area contributed by atoms with Gasteiger partial charge < -0.3 is 0 Å². The summed E-state index contributed by atoms with van der Waals surface area (Å²) in [5.41, 5.74) is 2.83. The average Bonchev–Trinajstić information content (AvgIpc) is 2.68. The molecular formula is C11H13N5O. The Kier molecular flexibility index (Phi) is 2.86. The number of aryl methyl sites for hydroxylation is 3. The molecule has 0 fully saturated rings. The highest BCUT2D eigenvalue weighted by atomic mass is 16.1. The molecule has 0 unspecified atom stereocenters. The van der Waals surface area contributed by atoms with Gasteiger partial charge in [-0.05, 0) is 47.5 Å². The smallest absolute Gasteiger partial charge is 0.258 e. The van der Waals surface area contributed by atoms with Gasteiger partial charge in [0, 0.05) is 12.6 Å². The molecule has 0 aliphatic carbocycles. The number of aromatic nitrogens is 4. The van der Waals surface area contributed by atoms with E-state index in [1.54, 1.807) is 13.1 Å². The molecule has 2 rings (SSSR count). The molecule has 0 aliphatic rings. The van der Waals surface area contributed by atoms with Crippen molar-refractivity contribution in [3.63, 3.8) is 0 Å². The van der Waals surface area contributed by atoms with E-state index in [1.807, 2.05) is 26.0 Å². The summed E-state index contributed by atoms with van der Waals surface area (Å²) in [7, 11) is 1.66. The fourth-order valence-electron chi connectivity index (χ4n) is 1.39. The molecule has 6 nitrogen and oxygen atoms in total. The molecule has 0 saturated carbocycles. The molecule has 6 heteroatoms. The SMILES string of the molecule is Cc1ccc(C(=O)Nc2nnnn2C)cc1C. The van der Waals surface area contributed by atoms with E-state index in [4.69, 9.17) is 0 Å². The van der Waals surface area contributed by atoms with E-state index in [0.29, 0.717) is 11.5 Å². The van der Waals surface area contributed by atoms with Crippen molar-refractivity contribution < 1.29 is 4.79 Å². The second-order valence-corrected chi connectivity index (χ2v) is 3.88. The van der Waals surface area contributed by atoms with Crippen LogP contribution in [0, 0.1) is 13.8 Å². The normalized spacial score (nSPS) is 10.3. The number of hydrogen-bond acceptors (Lipinski definition) is 4.